The number of fused-ring (bicyclic) bond motifs is 2. The Morgan fingerprint density at radius 2 is 1.61 bits per heavy atom. The lowest BCUT2D eigenvalue weighted by molar-refractivity contribution is -0.137. The van der Waals surface area contributed by atoms with Crippen LogP contribution in [0, 0.1) is 0 Å². The van der Waals surface area contributed by atoms with Gasteiger partial charge in [0.15, 0.2) is 5.82 Å². The lowest BCUT2D eigenvalue weighted by atomic mass is 9.89. The molecule has 4 N–H and O–H groups in total. The number of likely N-dealkylation sites (tertiary alicyclic amines) is 1. The molecular weight excluding hydrogens is 778 g/mol. The van der Waals surface area contributed by atoms with Crippen molar-refractivity contribution >= 4 is 46.3 Å². The molecule has 14 nitrogen and oxygen atoms in total. The van der Waals surface area contributed by atoms with Crippen LogP contribution in [0.25, 0.3) is 11.3 Å². The SMILES string of the molecule is CN(c1cccc(N2CCC(F)(CC(=O)N3CCC(Oc4cccc(N5[C@@H]6CC[C@H]5CN(c5cc(-c7ccccc7O)nnc5N)C6)c4)CC3)CC2)c1)C1CCC(=O)NC1=O. The van der Waals surface area contributed by atoms with E-state index in [1.165, 1.54) is 0 Å². The molecule has 2 bridgehead atoms. The van der Waals surface area contributed by atoms with E-state index in [1.54, 1.807) is 17.0 Å². The topological polar surface area (TPSA) is 161 Å². The van der Waals surface area contributed by atoms with Crippen LogP contribution in [-0.2, 0) is 14.4 Å². The number of piperidine rings is 3. The van der Waals surface area contributed by atoms with E-state index in [1.807, 2.05) is 66.5 Å². The number of aromatic hydroxyl groups is 1. The normalized spacial score (nSPS) is 22.9. The Labute approximate surface area is 355 Å². The lowest BCUT2D eigenvalue weighted by Crippen LogP contribution is -2.54. The number of nitrogens with one attached hydrogen (secondary N) is 1. The number of carbonyl (C=O) groups is 3. The fourth-order valence-electron chi connectivity index (χ4n) is 9.99. The van der Waals surface area contributed by atoms with Crippen LogP contribution in [0.4, 0.5) is 33.0 Å². The number of phenols is 1. The van der Waals surface area contributed by atoms with Crippen LogP contribution in [-0.4, -0.2) is 114 Å². The van der Waals surface area contributed by atoms with Crippen LogP contribution in [0.5, 0.6) is 11.5 Å². The number of rotatable bonds is 10. The van der Waals surface area contributed by atoms with Crippen molar-refractivity contribution in [2.75, 3.05) is 71.6 Å². The zero-order valence-electron chi connectivity index (χ0n) is 34.6. The van der Waals surface area contributed by atoms with Crippen LogP contribution in [0.3, 0.4) is 0 Å². The number of piperazine rings is 1. The maximum absolute atomic E-state index is 16.2. The molecule has 6 heterocycles. The van der Waals surface area contributed by atoms with Crippen molar-refractivity contribution in [1.29, 1.82) is 0 Å². The van der Waals surface area contributed by atoms with Gasteiger partial charge in [0.2, 0.25) is 17.7 Å². The van der Waals surface area contributed by atoms with Crippen LogP contribution >= 0.6 is 0 Å². The second kappa shape index (κ2) is 16.7. The summed E-state index contributed by atoms with van der Waals surface area (Å²) in [5.74, 6) is 0.652. The molecule has 3 amide bonds. The lowest BCUT2D eigenvalue weighted by Gasteiger charge is -2.43. The molecule has 0 saturated carbocycles. The third-order valence-electron chi connectivity index (χ3n) is 13.4. The van der Waals surface area contributed by atoms with Crippen molar-refractivity contribution < 1.29 is 28.6 Å². The second-order valence-corrected chi connectivity index (χ2v) is 17.3. The Balaban J connectivity index is 0.753. The molecule has 3 atom stereocenters. The number of para-hydroxylation sites is 1. The van der Waals surface area contributed by atoms with Crippen molar-refractivity contribution in [3.63, 3.8) is 0 Å². The van der Waals surface area contributed by atoms with Crippen LogP contribution in [0.1, 0.15) is 57.8 Å². The van der Waals surface area contributed by atoms with Gasteiger partial charge in [-0.05, 0) is 80.6 Å². The molecule has 0 spiro atoms. The van der Waals surface area contributed by atoms with E-state index in [-0.39, 0.29) is 60.9 Å². The molecule has 3 aromatic carbocycles. The Hall–Kier alpha value is -6.12. The minimum Gasteiger partial charge on any atom is -0.507 e. The Kier molecular flexibility index (Phi) is 11.1. The summed E-state index contributed by atoms with van der Waals surface area (Å²) in [6.07, 6.45) is 4.60. The maximum atomic E-state index is 16.2. The first kappa shape index (κ1) is 40.3. The number of likely N-dealkylation sites (N-methyl/N-ethyl adjacent to an activating group) is 1. The molecule has 5 fully saturated rings. The largest absolute Gasteiger partial charge is 0.507 e. The number of nitrogens with zero attached hydrogens (tertiary/aromatic N) is 7. The molecule has 61 heavy (non-hydrogen) atoms. The highest BCUT2D eigenvalue weighted by atomic mass is 19.1. The van der Waals surface area contributed by atoms with Gasteiger partial charge in [0.05, 0.1) is 17.8 Å². The summed E-state index contributed by atoms with van der Waals surface area (Å²) in [5, 5.41) is 21.4. The predicted octanol–water partition coefficient (Wildman–Crippen LogP) is 5.30. The highest BCUT2D eigenvalue weighted by molar-refractivity contribution is 6.01. The minimum absolute atomic E-state index is 0.0411. The fraction of sp³-hybridized carbons (Fsp3) is 0.457. The summed E-state index contributed by atoms with van der Waals surface area (Å²) in [6, 6.07) is 25.3. The molecule has 1 aromatic heterocycles. The van der Waals surface area contributed by atoms with Gasteiger partial charge in [0, 0.05) is 106 Å². The molecular formula is C46H54FN9O5. The average molecular weight is 832 g/mol. The van der Waals surface area contributed by atoms with Crippen molar-refractivity contribution in [3.05, 3.63) is 78.9 Å². The second-order valence-electron chi connectivity index (χ2n) is 17.3. The molecule has 5 aliphatic heterocycles. The summed E-state index contributed by atoms with van der Waals surface area (Å²) < 4.78 is 22.7. The average Bonchev–Trinajstić information content (AvgIpc) is 3.53. The summed E-state index contributed by atoms with van der Waals surface area (Å²) in [5.41, 5.74) is 9.75. The number of nitrogens with two attached hydrogens (primary N) is 1. The minimum atomic E-state index is -1.57. The van der Waals surface area contributed by atoms with E-state index in [0.717, 1.165) is 54.4 Å². The van der Waals surface area contributed by atoms with Gasteiger partial charge in [-0.3, -0.25) is 19.7 Å². The molecule has 1 unspecified atom stereocenters. The van der Waals surface area contributed by atoms with Crippen molar-refractivity contribution in [1.82, 2.24) is 20.4 Å². The zero-order chi connectivity index (χ0) is 42.3. The Bertz CT molecular complexity index is 2270. The number of amides is 3. The van der Waals surface area contributed by atoms with Gasteiger partial charge in [-0.2, -0.15) is 0 Å². The van der Waals surface area contributed by atoms with Crippen molar-refractivity contribution in [2.45, 2.75) is 87.7 Å². The number of hydrogen-bond acceptors (Lipinski definition) is 12. The smallest absolute Gasteiger partial charge is 0.249 e. The first-order chi connectivity index (χ1) is 29.5. The number of carbonyl (C=O) groups excluding carboxylic acids is 3. The van der Waals surface area contributed by atoms with Crippen LogP contribution in [0.15, 0.2) is 78.9 Å². The number of alkyl halides is 1. The highest BCUT2D eigenvalue weighted by Crippen LogP contribution is 2.40. The molecule has 5 saturated heterocycles. The molecule has 5 aliphatic rings. The third kappa shape index (κ3) is 8.47. The number of ether oxygens (including phenoxy) is 1. The number of anilines is 5. The first-order valence-electron chi connectivity index (χ1n) is 21.6. The highest BCUT2D eigenvalue weighted by Gasteiger charge is 2.42. The standard InChI is InChI=1S/C46H54FN9O5/c1-52(39-14-15-42(58)49-45(39)60)30-6-4-7-31(24-30)53-22-18-46(47,19-23-53)27-43(59)54-20-16-35(17-21-54)61-36-9-5-8-32(25-36)56-33-12-13-34(56)29-55(28-33)40-26-38(50-51-44(40)48)37-10-2-3-11-41(37)57/h2-11,24-26,33-35,39,57H,12-23,27-29H2,1H3,(H2,48,51)(H,49,58,60)/t33-,34+,39?. The van der Waals surface area contributed by atoms with Crippen molar-refractivity contribution in [3.8, 4) is 22.8 Å². The maximum Gasteiger partial charge on any atom is 0.249 e. The zero-order valence-corrected chi connectivity index (χ0v) is 34.6. The molecule has 320 valence electrons. The van der Waals surface area contributed by atoms with E-state index in [2.05, 4.69) is 42.3 Å². The number of benzene rings is 3. The van der Waals surface area contributed by atoms with Gasteiger partial charge in [0.1, 0.15) is 29.3 Å². The quantitative estimate of drug-likeness (QED) is 0.177. The molecule has 9 rings (SSSR count). The van der Waals surface area contributed by atoms with Gasteiger partial charge in [-0.1, -0.05) is 24.3 Å². The van der Waals surface area contributed by atoms with E-state index >= 15 is 4.39 Å². The predicted molar refractivity (Wildman–Crippen MR) is 233 cm³/mol. The van der Waals surface area contributed by atoms with Gasteiger partial charge in [0.25, 0.3) is 0 Å². The van der Waals surface area contributed by atoms with Gasteiger partial charge < -0.3 is 40.1 Å². The van der Waals surface area contributed by atoms with Crippen molar-refractivity contribution in [2.24, 2.45) is 0 Å². The van der Waals surface area contributed by atoms with Crippen LogP contribution < -0.4 is 35.4 Å². The molecule has 0 radical (unpaired) electrons. The monoisotopic (exact) mass is 831 g/mol. The molecule has 0 aliphatic carbocycles. The summed E-state index contributed by atoms with van der Waals surface area (Å²) in [7, 11) is 1.85. The van der Waals surface area contributed by atoms with Gasteiger partial charge in [-0.25, -0.2) is 4.39 Å². The van der Waals surface area contributed by atoms with E-state index in [9.17, 15) is 19.5 Å². The Morgan fingerprint density at radius 1 is 0.885 bits per heavy atom. The van der Waals surface area contributed by atoms with Crippen LogP contribution in [0.2, 0.25) is 0 Å². The summed E-state index contributed by atoms with van der Waals surface area (Å²) in [4.78, 5) is 48.2. The van der Waals surface area contributed by atoms with E-state index < -0.39 is 11.7 Å². The number of hydrogen-bond donors (Lipinski definition) is 3. The third-order valence-corrected chi connectivity index (χ3v) is 13.4. The number of aromatic nitrogens is 2. The van der Waals surface area contributed by atoms with Gasteiger partial charge >= 0.3 is 0 Å². The Morgan fingerprint density at radius 3 is 2.34 bits per heavy atom. The number of nitrogen functional groups attached to an aromatic ring is 1. The summed E-state index contributed by atoms with van der Waals surface area (Å²) >= 11 is 0. The van der Waals surface area contributed by atoms with Gasteiger partial charge in [-0.15, -0.1) is 10.2 Å². The molecule has 4 aromatic rings. The first-order valence-corrected chi connectivity index (χ1v) is 21.6. The van der Waals surface area contributed by atoms with E-state index in [0.29, 0.717) is 68.9 Å². The van der Waals surface area contributed by atoms with E-state index in [4.69, 9.17) is 10.5 Å². The number of halogens is 1. The number of phenolic OH excluding ortho intramolecular Hbond substituents is 1. The number of imide groups is 1. The fourth-order valence-corrected chi connectivity index (χ4v) is 9.99. The summed E-state index contributed by atoms with van der Waals surface area (Å²) in [6.45, 7) is 3.60. The molecule has 15 heteroatoms.